The molecule has 6 nitrogen and oxygen atoms in total. The average Bonchev–Trinajstić information content (AvgIpc) is 3.08. The minimum atomic E-state index is -0.351. The van der Waals surface area contributed by atoms with Crippen LogP contribution in [0.5, 0.6) is 5.88 Å². The first-order chi connectivity index (χ1) is 11.7. The molecule has 1 aliphatic heterocycles. The minimum Gasteiger partial charge on any atom is -0.465 e. The molecule has 1 aliphatic rings. The maximum Gasteiger partial charge on any atom is 0.260 e. The zero-order valence-corrected chi connectivity index (χ0v) is 14.3. The molecular formula is C16H19FN4O2S. The third-order valence-electron chi connectivity index (χ3n) is 4.06. The summed E-state index contributed by atoms with van der Waals surface area (Å²) in [5.41, 5.74) is 1.05. The van der Waals surface area contributed by atoms with E-state index in [1.54, 1.807) is 17.0 Å². The number of aromatic nitrogens is 2. The summed E-state index contributed by atoms with van der Waals surface area (Å²) in [5.74, 6) is -0.147. The van der Waals surface area contributed by atoms with E-state index in [2.05, 4.69) is 20.6 Å². The number of likely N-dealkylation sites (N-methyl/N-ethyl adjacent to an activating group) is 1. The summed E-state index contributed by atoms with van der Waals surface area (Å²) in [6.45, 7) is 6.22. The topological polar surface area (TPSA) is 58.6 Å². The Balaban J connectivity index is 1.60. The van der Waals surface area contributed by atoms with Crippen LogP contribution >= 0.6 is 11.7 Å². The lowest BCUT2D eigenvalue weighted by Crippen LogP contribution is -2.49. The minimum absolute atomic E-state index is 0.0658. The predicted molar refractivity (Wildman–Crippen MR) is 89.5 cm³/mol. The molecule has 1 saturated heterocycles. The molecule has 3 rings (SSSR count). The highest BCUT2D eigenvalue weighted by molar-refractivity contribution is 6.99. The summed E-state index contributed by atoms with van der Waals surface area (Å²) in [4.78, 5) is 16.4. The first-order valence-electron chi connectivity index (χ1n) is 7.89. The van der Waals surface area contributed by atoms with Crippen molar-refractivity contribution < 1.29 is 13.9 Å². The molecule has 8 heteroatoms. The molecule has 24 heavy (non-hydrogen) atoms. The summed E-state index contributed by atoms with van der Waals surface area (Å²) >= 11 is 0.978. The van der Waals surface area contributed by atoms with Gasteiger partial charge in [-0.05, 0) is 18.7 Å². The quantitative estimate of drug-likeness (QED) is 0.824. The molecule has 1 fully saturated rings. The summed E-state index contributed by atoms with van der Waals surface area (Å²) in [6.07, 6.45) is 0. The van der Waals surface area contributed by atoms with Gasteiger partial charge in [0.1, 0.15) is 11.5 Å². The number of halogens is 1. The summed E-state index contributed by atoms with van der Waals surface area (Å²) in [6, 6.07) is 6.07. The normalized spacial score (nSPS) is 15.5. The molecule has 2 aromatic rings. The second kappa shape index (κ2) is 7.67. The fraction of sp³-hybridized carbons (Fsp3) is 0.438. The lowest BCUT2D eigenvalue weighted by atomic mass is 10.1. The number of carbonyl (C=O) groups excluding carboxylic acids is 1. The van der Waals surface area contributed by atoms with Crippen molar-refractivity contribution in [2.24, 2.45) is 0 Å². The molecule has 128 valence electrons. The number of piperazine rings is 1. The van der Waals surface area contributed by atoms with Crippen molar-refractivity contribution in [3.63, 3.8) is 0 Å². The van der Waals surface area contributed by atoms with E-state index in [9.17, 15) is 9.18 Å². The number of hydrogen-bond acceptors (Lipinski definition) is 6. The van der Waals surface area contributed by atoms with Crippen LogP contribution in [0, 0.1) is 5.82 Å². The first kappa shape index (κ1) is 16.8. The van der Waals surface area contributed by atoms with Gasteiger partial charge in [-0.1, -0.05) is 19.1 Å². The SMILES string of the molecule is CCN1CCN(C(=O)COc2nsnc2-c2cccc(F)c2)CC1. The maximum absolute atomic E-state index is 13.4. The van der Waals surface area contributed by atoms with Crippen molar-refractivity contribution in [2.45, 2.75) is 6.92 Å². The largest absolute Gasteiger partial charge is 0.465 e. The van der Waals surface area contributed by atoms with Gasteiger partial charge < -0.3 is 14.5 Å². The van der Waals surface area contributed by atoms with Crippen LogP contribution in [-0.4, -0.2) is 63.8 Å². The molecule has 0 spiro atoms. The van der Waals surface area contributed by atoms with Crippen LogP contribution in [0.1, 0.15) is 6.92 Å². The molecular weight excluding hydrogens is 331 g/mol. The number of rotatable bonds is 5. The fourth-order valence-corrected chi connectivity index (χ4v) is 3.14. The summed E-state index contributed by atoms with van der Waals surface area (Å²) in [5, 5.41) is 0. The predicted octanol–water partition coefficient (Wildman–Crippen LogP) is 1.89. The van der Waals surface area contributed by atoms with Gasteiger partial charge in [0.05, 0.1) is 11.7 Å². The van der Waals surface area contributed by atoms with Gasteiger partial charge in [0.25, 0.3) is 11.8 Å². The monoisotopic (exact) mass is 350 g/mol. The Hall–Kier alpha value is -2.06. The van der Waals surface area contributed by atoms with E-state index in [1.165, 1.54) is 12.1 Å². The Morgan fingerprint density at radius 3 is 2.79 bits per heavy atom. The van der Waals surface area contributed by atoms with E-state index in [1.807, 2.05) is 0 Å². The lowest BCUT2D eigenvalue weighted by molar-refractivity contribution is -0.135. The van der Waals surface area contributed by atoms with Crippen molar-refractivity contribution in [1.82, 2.24) is 18.5 Å². The Bertz CT molecular complexity index is 701. The number of carbonyl (C=O) groups is 1. The van der Waals surface area contributed by atoms with Crippen LogP contribution in [0.15, 0.2) is 24.3 Å². The van der Waals surface area contributed by atoms with E-state index in [0.717, 1.165) is 31.4 Å². The van der Waals surface area contributed by atoms with Crippen molar-refractivity contribution in [2.75, 3.05) is 39.3 Å². The third kappa shape index (κ3) is 3.88. The third-order valence-corrected chi connectivity index (χ3v) is 4.57. The van der Waals surface area contributed by atoms with E-state index in [-0.39, 0.29) is 24.2 Å². The van der Waals surface area contributed by atoms with Crippen LogP contribution in [0.25, 0.3) is 11.3 Å². The molecule has 0 aliphatic carbocycles. The Labute approximate surface area is 144 Å². The van der Waals surface area contributed by atoms with Crippen LogP contribution < -0.4 is 4.74 Å². The Morgan fingerprint density at radius 2 is 2.08 bits per heavy atom. The van der Waals surface area contributed by atoms with Gasteiger partial charge in [0, 0.05) is 31.7 Å². The molecule has 0 bridgehead atoms. The van der Waals surface area contributed by atoms with E-state index >= 15 is 0 Å². The highest BCUT2D eigenvalue weighted by Crippen LogP contribution is 2.28. The van der Waals surface area contributed by atoms with Gasteiger partial charge in [-0.3, -0.25) is 4.79 Å². The smallest absolute Gasteiger partial charge is 0.260 e. The summed E-state index contributed by atoms with van der Waals surface area (Å²) < 4.78 is 27.1. The number of hydrogen-bond donors (Lipinski definition) is 0. The van der Waals surface area contributed by atoms with Crippen molar-refractivity contribution in [3.05, 3.63) is 30.1 Å². The van der Waals surface area contributed by atoms with Crippen molar-refractivity contribution in [1.29, 1.82) is 0 Å². The van der Waals surface area contributed by atoms with Gasteiger partial charge in [0.15, 0.2) is 6.61 Å². The van der Waals surface area contributed by atoms with E-state index in [0.29, 0.717) is 24.3 Å². The second-order valence-corrected chi connectivity index (χ2v) is 6.06. The number of ether oxygens (including phenoxy) is 1. The van der Waals surface area contributed by atoms with Gasteiger partial charge in [-0.2, -0.15) is 4.37 Å². The average molecular weight is 350 g/mol. The molecule has 1 aromatic carbocycles. The fourth-order valence-electron chi connectivity index (χ4n) is 2.62. The number of nitrogens with zero attached hydrogens (tertiary/aromatic N) is 4. The zero-order chi connectivity index (χ0) is 16.9. The van der Waals surface area contributed by atoms with E-state index in [4.69, 9.17) is 4.74 Å². The summed E-state index contributed by atoms with van der Waals surface area (Å²) in [7, 11) is 0. The van der Waals surface area contributed by atoms with Gasteiger partial charge in [-0.25, -0.2) is 4.39 Å². The van der Waals surface area contributed by atoms with Crippen LogP contribution in [0.3, 0.4) is 0 Å². The molecule has 1 amide bonds. The Kier molecular flexibility index (Phi) is 5.37. The van der Waals surface area contributed by atoms with Gasteiger partial charge >= 0.3 is 0 Å². The highest BCUT2D eigenvalue weighted by atomic mass is 32.1. The van der Waals surface area contributed by atoms with Crippen molar-refractivity contribution in [3.8, 4) is 17.1 Å². The second-order valence-electron chi connectivity index (χ2n) is 5.53. The molecule has 0 radical (unpaired) electrons. The van der Waals surface area contributed by atoms with Crippen molar-refractivity contribution >= 4 is 17.6 Å². The molecule has 1 aromatic heterocycles. The molecule has 0 N–H and O–H groups in total. The standard InChI is InChI=1S/C16H19FN4O2S/c1-2-20-6-8-21(9-7-20)14(22)11-23-16-15(18-24-19-16)12-4-3-5-13(17)10-12/h3-5,10H,2,6-9,11H2,1H3. The molecule has 2 heterocycles. The first-order valence-corrected chi connectivity index (χ1v) is 8.62. The number of benzene rings is 1. The van der Waals surface area contributed by atoms with E-state index < -0.39 is 0 Å². The molecule has 0 unspecified atom stereocenters. The maximum atomic E-state index is 13.4. The number of amides is 1. The molecule has 0 saturated carbocycles. The van der Waals surface area contributed by atoms with Crippen LogP contribution in [0.4, 0.5) is 4.39 Å². The highest BCUT2D eigenvalue weighted by Gasteiger charge is 2.21. The van der Waals surface area contributed by atoms with Crippen LogP contribution in [0.2, 0.25) is 0 Å². The zero-order valence-electron chi connectivity index (χ0n) is 13.4. The van der Waals surface area contributed by atoms with Gasteiger partial charge in [0.2, 0.25) is 0 Å². The van der Waals surface area contributed by atoms with Gasteiger partial charge in [-0.15, -0.1) is 4.37 Å². The lowest BCUT2D eigenvalue weighted by Gasteiger charge is -2.33. The molecule has 0 atom stereocenters. The van der Waals surface area contributed by atoms with Crippen LogP contribution in [-0.2, 0) is 4.79 Å². The Morgan fingerprint density at radius 1 is 1.29 bits per heavy atom.